The van der Waals surface area contributed by atoms with Crippen LogP contribution in [0.4, 0.5) is 0 Å². The minimum Gasteiger partial charge on any atom is -0.345 e. The molecule has 124 valence electrons. The predicted molar refractivity (Wildman–Crippen MR) is 94.3 cm³/mol. The van der Waals surface area contributed by atoms with Gasteiger partial charge in [-0.25, -0.2) is 0 Å². The molecular formula is C19H22N4O. The SMILES string of the molecule is Cc1ccc(C(=O)N[C@@H](C)c2cnn(C)c2C)cc1-n1cccc1. The Morgan fingerprint density at radius 3 is 2.54 bits per heavy atom. The molecule has 1 amide bonds. The van der Waals surface area contributed by atoms with Crippen molar-refractivity contribution in [3.05, 3.63) is 71.3 Å². The summed E-state index contributed by atoms with van der Waals surface area (Å²) in [5, 5.41) is 7.30. The van der Waals surface area contributed by atoms with Crippen LogP contribution in [0.15, 0.2) is 48.9 Å². The van der Waals surface area contributed by atoms with Crippen LogP contribution in [0.25, 0.3) is 5.69 Å². The standard InChI is InChI=1S/C19H22N4O/c1-13-7-8-16(11-18(13)23-9-5-6-10-23)19(24)21-14(2)17-12-20-22(4)15(17)3/h5-12,14H,1-4H3,(H,21,24)/t14-/m0/s1. The molecule has 5 heteroatoms. The van der Waals surface area contributed by atoms with Gasteiger partial charge in [0.25, 0.3) is 5.91 Å². The van der Waals surface area contributed by atoms with Crippen molar-refractivity contribution < 1.29 is 4.79 Å². The monoisotopic (exact) mass is 322 g/mol. The smallest absolute Gasteiger partial charge is 0.251 e. The zero-order valence-corrected chi connectivity index (χ0v) is 14.4. The molecule has 1 atom stereocenters. The second-order valence-electron chi connectivity index (χ2n) is 6.10. The minimum absolute atomic E-state index is 0.0841. The number of nitrogens with zero attached hydrogens (tertiary/aromatic N) is 3. The molecule has 0 saturated heterocycles. The fourth-order valence-electron chi connectivity index (χ4n) is 2.82. The summed E-state index contributed by atoms with van der Waals surface area (Å²) in [6, 6.07) is 9.61. The van der Waals surface area contributed by atoms with Crippen LogP contribution >= 0.6 is 0 Å². The molecule has 0 radical (unpaired) electrons. The molecule has 0 bridgehead atoms. The number of aryl methyl sites for hydroxylation is 2. The summed E-state index contributed by atoms with van der Waals surface area (Å²) in [5.74, 6) is -0.0841. The highest BCUT2D eigenvalue weighted by atomic mass is 16.1. The van der Waals surface area contributed by atoms with Gasteiger partial charge in [-0.1, -0.05) is 6.07 Å². The van der Waals surface area contributed by atoms with E-state index in [2.05, 4.69) is 10.4 Å². The van der Waals surface area contributed by atoms with Gasteiger partial charge in [-0.15, -0.1) is 0 Å². The number of hydrogen-bond acceptors (Lipinski definition) is 2. The van der Waals surface area contributed by atoms with Crippen molar-refractivity contribution in [2.24, 2.45) is 7.05 Å². The molecule has 1 N–H and O–H groups in total. The van der Waals surface area contributed by atoms with Crippen molar-refractivity contribution >= 4 is 5.91 Å². The predicted octanol–water partition coefficient (Wildman–Crippen LogP) is 3.32. The van der Waals surface area contributed by atoms with Crippen molar-refractivity contribution in [2.45, 2.75) is 26.8 Å². The molecule has 0 spiro atoms. The minimum atomic E-state index is -0.0949. The van der Waals surface area contributed by atoms with Gasteiger partial charge < -0.3 is 9.88 Å². The van der Waals surface area contributed by atoms with E-state index in [-0.39, 0.29) is 11.9 Å². The van der Waals surface area contributed by atoms with Gasteiger partial charge in [0.15, 0.2) is 0 Å². The topological polar surface area (TPSA) is 51.9 Å². The third-order valence-electron chi connectivity index (χ3n) is 4.44. The summed E-state index contributed by atoms with van der Waals surface area (Å²) in [6.45, 7) is 6.02. The second-order valence-corrected chi connectivity index (χ2v) is 6.10. The zero-order chi connectivity index (χ0) is 17.3. The average molecular weight is 322 g/mol. The van der Waals surface area contributed by atoms with Crippen molar-refractivity contribution in [2.75, 3.05) is 0 Å². The Balaban J connectivity index is 1.83. The van der Waals surface area contributed by atoms with Crippen LogP contribution in [-0.4, -0.2) is 20.3 Å². The highest BCUT2D eigenvalue weighted by Gasteiger charge is 2.16. The van der Waals surface area contributed by atoms with Crippen molar-refractivity contribution in [3.8, 4) is 5.69 Å². The summed E-state index contributed by atoms with van der Waals surface area (Å²) in [7, 11) is 1.90. The molecule has 0 aliphatic carbocycles. The Morgan fingerprint density at radius 1 is 1.21 bits per heavy atom. The van der Waals surface area contributed by atoms with E-state index >= 15 is 0 Å². The number of nitrogens with one attached hydrogen (secondary N) is 1. The maximum absolute atomic E-state index is 12.6. The Kier molecular flexibility index (Phi) is 4.25. The Morgan fingerprint density at radius 2 is 1.92 bits per heavy atom. The molecule has 0 aliphatic rings. The van der Waals surface area contributed by atoms with Gasteiger partial charge in [0.05, 0.1) is 12.2 Å². The lowest BCUT2D eigenvalue weighted by molar-refractivity contribution is 0.0940. The Hall–Kier alpha value is -2.82. The van der Waals surface area contributed by atoms with Crippen LogP contribution in [0.3, 0.4) is 0 Å². The first-order valence-electron chi connectivity index (χ1n) is 8.00. The van der Waals surface area contributed by atoms with Crippen LogP contribution < -0.4 is 5.32 Å². The van der Waals surface area contributed by atoms with Crippen LogP contribution in [0.2, 0.25) is 0 Å². The van der Waals surface area contributed by atoms with E-state index in [1.165, 1.54) is 0 Å². The van der Waals surface area contributed by atoms with Gasteiger partial charge >= 0.3 is 0 Å². The number of carbonyl (C=O) groups excluding carboxylic acids is 1. The summed E-state index contributed by atoms with van der Waals surface area (Å²) in [4.78, 5) is 12.6. The molecule has 0 aliphatic heterocycles. The molecule has 0 saturated carbocycles. The summed E-state index contributed by atoms with van der Waals surface area (Å²) in [6.07, 6.45) is 5.76. The quantitative estimate of drug-likeness (QED) is 0.801. The number of rotatable bonds is 4. The largest absolute Gasteiger partial charge is 0.345 e. The van der Waals surface area contributed by atoms with E-state index in [1.54, 1.807) is 6.20 Å². The van der Waals surface area contributed by atoms with Gasteiger partial charge in [0.1, 0.15) is 0 Å². The van der Waals surface area contributed by atoms with E-state index in [4.69, 9.17) is 0 Å². The van der Waals surface area contributed by atoms with Gasteiger partial charge in [0, 0.05) is 41.9 Å². The Bertz CT molecular complexity index is 862. The van der Waals surface area contributed by atoms with Crippen molar-refractivity contribution in [1.29, 1.82) is 0 Å². The third-order valence-corrected chi connectivity index (χ3v) is 4.44. The lowest BCUT2D eigenvalue weighted by Crippen LogP contribution is -2.27. The van der Waals surface area contributed by atoms with Gasteiger partial charge in [-0.05, 0) is 50.6 Å². The summed E-state index contributed by atoms with van der Waals surface area (Å²) < 4.78 is 3.83. The normalized spacial score (nSPS) is 12.2. The third kappa shape index (κ3) is 2.97. The first kappa shape index (κ1) is 16.1. The molecule has 3 rings (SSSR count). The molecule has 2 aromatic heterocycles. The molecular weight excluding hydrogens is 300 g/mol. The van der Waals surface area contributed by atoms with Gasteiger partial charge in [-0.2, -0.15) is 5.10 Å². The summed E-state index contributed by atoms with van der Waals surface area (Å²) in [5.41, 5.74) is 4.87. The number of carbonyl (C=O) groups is 1. The molecule has 0 unspecified atom stereocenters. The Labute approximate surface area is 141 Å². The number of aromatic nitrogens is 3. The maximum atomic E-state index is 12.6. The number of benzene rings is 1. The second kappa shape index (κ2) is 6.35. The van der Waals surface area contributed by atoms with E-state index < -0.39 is 0 Å². The first-order chi connectivity index (χ1) is 11.5. The van der Waals surface area contributed by atoms with Crippen LogP contribution in [0.1, 0.15) is 40.1 Å². The van der Waals surface area contributed by atoms with E-state index in [0.717, 1.165) is 22.5 Å². The highest BCUT2D eigenvalue weighted by Crippen LogP contribution is 2.19. The fourth-order valence-corrected chi connectivity index (χ4v) is 2.82. The van der Waals surface area contributed by atoms with Crippen LogP contribution in [0.5, 0.6) is 0 Å². The van der Waals surface area contributed by atoms with Crippen molar-refractivity contribution in [3.63, 3.8) is 0 Å². The highest BCUT2D eigenvalue weighted by molar-refractivity contribution is 5.95. The van der Waals surface area contributed by atoms with Gasteiger partial charge in [0.2, 0.25) is 0 Å². The maximum Gasteiger partial charge on any atom is 0.251 e. The average Bonchev–Trinajstić information content (AvgIpc) is 3.19. The van der Waals surface area contributed by atoms with E-state index in [1.807, 2.05) is 79.8 Å². The molecule has 24 heavy (non-hydrogen) atoms. The lowest BCUT2D eigenvalue weighted by atomic mass is 10.1. The van der Waals surface area contributed by atoms with E-state index in [9.17, 15) is 4.79 Å². The van der Waals surface area contributed by atoms with Gasteiger partial charge in [-0.3, -0.25) is 9.48 Å². The van der Waals surface area contributed by atoms with E-state index in [0.29, 0.717) is 5.56 Å². The number of hydrogen-bond donors (Lipinski definition) is 1. The van der Waals surface area contributed by atoms with Crippen LogP contribution in [-0.2, 0) is 7.05 Å². The lowest BCUT2D eigenvalue weighted by Gasteiger charge is -2.15. The fraction of sp³-hybridized carbons (Fsp3) is 0.263. The molecule has 0 fully saturated rings. The molecule has 1 aromatic carbocycles. The number of amides is 1. The summed E-state index contributed by atoms with van der Waals surface area (Å²) >= 11 is 0. The molecule has 5 nitrogen and oxygen atoms in total. The first-order valence-corrected chi connectivity index (χ1v) is 8.00. The van der Waals surface area contributed by atoms with Crippen molar-refractivity contribution in [1.82, 2.24) is 19.7 Å². The molecule has 3 aromatic rings. The zero-order valence-electron chi connectivity index (χ0n) is 14.4. The molecule has 2 heterocycles. The van der Waals surface area contributed by atoms with Crippen LogP contribution in [0, 0.1) is 13.8 Å².